The Morgan fingerprint density at radius 1 is 1.33 bits per heavy atom. The Hall–Kier alpha value is -2.73. The number of aromatic nitrogens is 1. The molecule has 5 nitrogen and oxygen atoms in total. The highest BCUT2D eigenvalue weighted by Gasteiger charge is 2.19. The summed E-state index contributed by atoms with van der Waals surface area (Å²) in [6.07, 6.45) is 2.01. The van der Waals surface area contributed by atoms with Crippen LogP contribution in [0.25, 0.3) is 11.5 Å². The largest absolute Gasteiger partial charge is 0.505 e. The molecule has 2 aromatic carbocycles. The first kappa shape index (κ1) is 16.1. The van der Waals surface area contributed by atoms with E-state index in [9.17, 15) is 9.50 Å². The van der Waals surface area contributed by atoms with Crippen LogP contribution in [0.3, 0.4) is 0 Å². The molecule has 1 aromatic heterocycles. The van der Waals surface area contributed by atoms with Crippen molar-refractivity contribution >= 4 is 23.0 Å². The summed E-state index contributed by atoms with van der Waals surface area (Å²) in [5.41, 5.74) is 7.61. The molecule has 0 radical (unpaired) electrons. The van der Waals surface area contributed by atoms with Gasteiger partial charge in [0, 0.05) is 13.5 Å². The zero-order valence-corrected chi connectivity index (χ0v) is 13.6. The molecule has 0 unspecified atom stereocenters. The summed E-state index contributed by atoms with van der Waals surface area (Å²) in [5, 5.41) is 13.4. The van der Waals surface area contributed by atoms with Crippen molar-refractivity contribution in [2.75, 3.05) is 18.1 Å². The number of oxazole rings is 1. The molecule has 0 fully saturated rings. The van der Waals surface area contributed by atoms with Gasteiger partial charge in [0.25, 0.3) is 0 Å². The molecule has 3 aromatic rings. The van der Waals surface area contributed by atoms with Crippen LogP contribution in [0.1, 0.15) is 11.3 Å². The monoisotopic (exact) mass is 347 g/mol. The van der Waals surface area contributed by atoms with E-state index in [0.29, 0.717) is 23.4 Å². The second kappa shape index (κ2) is 6.41. The Labute approximate surface area is 142 Å². The first-order chi connectivity index (χ1) is 11.5. The van der Waals surface area contributed by atoms with Crippen molar-refractivity contribution in [2.24, 2.45) is 0 Å². The highest BCUT2D eigenvalue weighted by Crippen LogP contribution is 2.43. The Balaban J connectivity index is 1.93. The Morgan fingerprint density at radius 2 is 2.04 bits per heavy atom. The first-order valence-electron chi connectivity index (χ1n) is 7.17. The maximum atomic E-state index is 12.9. The number of nitrogens with two attached hydrogens (primary N) is 1. The Kier molecular flexibility index (Phi) is 4.31. The molecular formula is C17H15ClFN3O2. The van der Waals surface area contributed by atoms with Gasteiger partial charge in [-0.3, -0.25) is 0 Å². The van der Waals surface area contributed by atoms with Crippen LogP contribution < -0.4 is 11.1 Å². The number of benzene rings is 2. The van der Waals surface area contributed by atoms with E-state index in [1.807, 2.05) is 0 Å². The number of phenolic OH excluding ortho intramolecular Hbond substituents is 1. The minimum absolute atomic E-state index is 0.0883. The quantitative estimate of drug-likeness (QED) is 0.489. The molecule has 0 aliphatic carbocycles. The normalized spacial score (nSPS) is 10.8. The van der Waals surface area contributed by atoms with Crippen LogP contribution in [0.5, 0.6) is 5.75 Å². The number of nitrogens with zero attached hydrogens (tertiary/aromatic N) is 1. The maximum absolute atomic E-state index is 12.9. The second-order valence-electron chi connectivity index (χ2n) is 5.23. The van der Waals surface area contributed by atoms with E-state index in [-0.39, 0.29) is 28.2 Å². The topological polar surface area (TPSA) is 84.3 Å². The van der Waals surface area contributed by atoms with Gasteiger partial charge in [-0.15, -0.1) is 0 Å². The van der Waals surface area contributed by atoms with Crippen molar-refractivity contribution < 1.29 is 13.9 Å². The summed E-state index contributed by atoms with van der Waals surface area (Å²) in [6, 6.07) is 7.62. The predicted molar refractivity (Wildman–Crippen MR) is 91.8 cm³/mol. The van der Waals surface area contributed by atoms with E-state index >= 15 is 0 Å². The molecule has 1 heterocycles. The molecule has 7 heteroatoms. The summed E-state index contributed by atoms with van der Waals surface area (Å²) in [5.74, 6) is 0.422. The minimum atomic E-state index is -0.293. The smallest absolute Gasteiger partial charge is 0.230 e. The second-order valence-corrected chi connectivity index (χ2v) is 5.64. The number of anilines is 2. The molecule has 0 amide bonds. The number of hydrogen-bond acceptors (Lipinski definition) is 5. The van der Waals surface area contributed by atoms with Gasteiger partial charge in [0.1, 0.15) is 17.3 Å². The van der Waals surface area contributed by atoms with Crippen molar-refractivity contribution in [3.05, 3.63) is 58.7 Å². The van der Waals surface area contributed by atoms with Gasteiger partial charge in [0.2, 0.25) is 5.89 Å². The van der Waals surface area contributed by atoms with E-state index in [0.717, 1.165) is 5.56 Å². The Morgan fingerprint density at radius 3 is 2.71 bits per heavy atom. The lowest BCUT2D eigenvalue weighted by atomic mass is 10.1. The molecule has 0 saturated heterocycles. The molecule has 0 bridgehead atoms. The number of nitrogens with one attached hydrogen (secondary N) is 1. The Bertz CT molecular complexity index is 878. The van der Waals surface area contributed by atoms with Crippen molar-refractivity contribution in [3.63, 3.8) is 0 Å². The highest BCUT2D eigenvalue weighted by atomic mass is 35.5. The third kappa shape index (κ3) is 3.00. The van der Waals surface area contributed by atoms with Crippen LogP contribution in [0.2, 0.25) is 5.02 Å². The minimum Gasteiger partial charge on any atom is -0.505 e. The molecule has 24 heavy (non-hydrogen) atoms. The fraction of sp³-hybridized carbons (Fsp3) is 0.118. The molecule has 0 atom stereocenters. The van der Waals surface area contributed by atoms with Gasteiger partial charge in [-0.1, -0.05) is 23.7 Å². The van der Waals surface area contributed by atoms with E-state index in [2.05, 4.69) is 10.3 Å². The molecular weight excluding hydrogens is 333 g/mol. The van der Waals surface area contributed by atoms with Gasteiger partial charge < -0.3 is 20.6 Å². The van der Waals surface area contributed by atoms with E-state index in [4.69, 9.17) is 21.8 Å². The average Bonchev–Trinajstić information content (AvgIpc) is 3.02. The fourth-order valence-electron chi connectivity index (χ4n) is 2.39. The van der Waals surface area contributed by atoms with E-state index in [1.165, 1.54) is 18.2 Å². The summed E-state index contributed by atoms with van der Waals surface area (Å²) in [4.78, 5) is 4.18. The van der Waals surface area contributed by atoms with Crippen LogP contribution in [0, 0.1) is 5.82 Å². The van der Waals surface area contributed by atoms with Crippen molar-refractivity contribution in [3.8, 4) is 17.2 Å². The number of rotatable bonds is 4. The molecule has 4 N–H and O–H groups in total. The SMILES string of the molecule is CNc1c(N)c(Cl)cc(-c2ncc(Cc3ccc(F)cc3)o2)c1O. The molecule has 3 rings (SSSR count). The highest BCUT2D eigenvalue weighted by molar-refractivity contribution is 6.34. The van der Waals surface area contributed by atoms with Gasteiger partial charge in [0.05, 0.1) is 22.5 Å². The standard InChI is InChI=1S/C17H15ClFN3O2/c1-21-15-14(20)13(18)7-12(16(15)23)17-22-8-11(24-17)6-9-2-4-10(19)5-3-9/h2-5,7-8,21,23H,6,20H2,1H3. The number of hydrogen-bond donors (Lipinski definition) is 3. The lowest BCUT2D eigenvalue weighted by Gasteiger charge is -2.12. The van der Waals surface area contributed by atoms with Crippen LogP contribution >= 0.6 is 11.6 Å². The van der Waals surface area contributed by atoms with Gasteiger partial charge in [0.15, 0.2) is 5.75 Å². The van der Waals surface area contributed by atoms with Gasteiger partial charge in [-0.05, 0) is 23.8 Å². The first-order valence-corrected chi connectivity index (χ1v) is 7.55. The summed E-state index contributed by atoms with van der Waals surface area (Å²) < 4.78 is 18.6. The third-order valence-corrected chi connectivity index (χ3v) is 3.93. The summed E-state index contributed by atoms with van der Waals surface area (Å²) in [7, 11) is 1.63. The fourth-order valence-corrected chi connectivity index (χ4v) is 2.59. The van der Waals surface area contributed by atoms with Crippen LogP contribution in [0.4, 0.5) is 15.8 Å². The lowest BCUT2D eigenvalue weighted by Crippen LogP contribution is -1.98. The van der Waals surface area contributed by atoms with E-state index in [1.54, 1.807) is 25.4 Å². The number of aromatic hydroxyl groups is 1. The number of halogens is 2. The van der Waals surface area contributed by atoms with E-state index < -0.39 is 0 Å². The van der Waals surface area contributed by atoms with Gasteiger partial charge in [-0.25, -0.2) is 9.37 Å². The number of phenols is 1. The molecule has 0 aliphatic rings. The molecule has 0 saturated carbocycles. The van der Waals surface area contributed by atoms with Gasteiger partial charge >= 0.3 is 0 Å². The molecule has 0 aliphatic heterocycles. The number of nitrogen functional groups attached to an aromatic ring is 1. The lowest BCUT2D eigenvalue weighted by molar-refractivity contribution is 0.472. The summed E-state index contributed by atoms with van der Waals surface area (Å²) in [6.45, 7) is 0. The maximum Gasteiger partial charge on any atom is 0.230 e. The van der Waals surface area contributed by atoms with Gasteiger partial charge in [-0.2, -0.15) is 0 Å². The van der Waals surface area contributed by atoms with Crippen LogP contribution in [-0.4, -0.2) is 17.1 Å². The van der Waals surface area contributed by atoms with Crippen molar-refractivity contribution in [2.45, 2.75) is 6.42 Å². The van der Waals surface area contributed by atoms with Crippen molar-refractivity contribution in [1.29, 1.82) is 0 Å². The van der Waals surface area contributed by atoms with Crippen LogP contribution in [-0.2, 0) is 6.42 Å². The third-order valence-electron chi connectivity index (χ3n) is 3.62. The zero-order chi connectivity index (χ0) is 17.3. The predicted octanol–water partition coefficient (Wildman–Crippen LogP) is 4.05. The summed E-state index contributed by atoms with van der Waals surface area (Å²) >= 11 is 6.09. The zero-order valence-electron chi connectivity index (χ0n) is 12.8. The average molecular weight is 348 g/mol. The molecule has 124 valence electrons. The van der Waals surface area contributed by atoms with Crippen LogP contribution in [0.15, 0.2) is 40.9 Å². The van der Waals surface area contributed by atoms with Crippen molar-refractivity contribution in [1.82, 2.24) is 4.98 Å². The molecule has 0 spiro atoms.